The van der Waals surface area contributed by atoms with Crippen LogP contribution in [0.15, 0.2) is 65.8 Å². The van der Waals surface area contributed by atoms with Gasteiger partial charge in [0.2, 0.25) is 0 Å². The largest absolute Gasteiger partial charge is 0.465 e. The SMILES string of the molecule is COC(=O)c1cn(-c2ccccn2)cc2c(=O)n(-c3ccccc3C)nc1-2. The molecule has 0 radical (unpaired) electrons. The molecule has 0 unspecified atom stereocenters. The molecule has 0 bridgehead atoms. The van der Waals surface area contributed by atoms with Crippen molar-refractivity contribution in [3.8, 4) is 22.8 Å². The summed E-state index contributed by atoms with van der Waals surface area (Å²) in [5.41, 5.74) is 2.06. The Morgan fingerprint density at radius 1 is 1.07 bits per heavy atom. The Kier molecular flexibility index (Phi) is 4.04. The van der Waals surface area contributed by atoms with E-state index in [1.54, 1.807) is 35.3 Å². The number of methoxy groups -OCH3 is 1. The zero-order chi connectivity index (χ0) is 19.0. The van der Waals surface area contributed by atoms with Crippen molar-refractivity contribution < 1.29 is 9.53 Å². The number of rotatable bonds is 3. The van der Waals surface area contributed by atoms with Crippen LogP contribution in [-0.4, -0.2) is 32.4 Å². The van der Waals surface area contributed by atoms with Gasteiger partial charge in [-0.25, -0.2) is 9.78 Å². The van der Waals surface area contributed by atoms with Crippen LogP contribution in [-0.2, 0) is 4.74 Å². The van der Waals surface area contributed by atoms with Crippen molar-refractivity contribution in [1.29, 1.82) is 0 Å². The lowest BCUT2D eigenvalue weighted by Crippen LogP contribution is -2.16. The average Bonchev–Trinajstić information content (AvgIpc) is 3.04. The lowest BCUT2D eigenvalue weighted by atomic mass is 10.1. The Morgan fingerprint density at radius 2 is 1.85 bits per heavy atom. The van der Waals surface area contributed by atoms with E-state index < -0.39 is 5.97 Å². The number of aromatic nitrogens is 4. The van der Waals surface area contributed by atoms with Crippen LogP contribution in [0.25, 0.3) is 22.8 Å². The van der Waals surface area contributed by atoms with E-state index in [0.29, 0.717) is 22.8 Å². The summed E-state index contributed by atoms with van der Waals surface area (Å²) in [6, 6.07) is 12.8. The molecule has 2 aliphatic rings. The monoisotopic (exact) mass is 360 g/mol. The van der Waals surface area contributed by atoms with E-state index in [9.17, 15) is 9.59 Å². The highest BCUT2D eigenvalue weighted by atomic mass is 16.5. The molecule has 27 heavy (non-hydrogen) atoms. The lowest BCUT2D eigenvalue weighted by Gasteiger charge is -2.10. The van der Waals surface area contributed by atoms with Gasteiger partial charge in [0.05, 0.1) is 18.4 Å². The fourth-order valence-electron chi connectivity index (χ4n) is 2.97. The first-order valence-electron chi connectivity index (χ1n) is 8.31. The number of fused-ring (bicyclic) bond motifs is 1. The Hall–Kier alpha value is -3.74. The Bertz CT molecular complexity index is 1160. The zero-order valence-electron chi connectivity index (χ0n) is 14.8. The van der Waals surface area contributed by atoms with Gasteiger partial charge in [0, 0.05) is 18.6 Å². The lowest BCUT2D eigenvalue weighted by molar-refractivity contribution is 0.0600. The third-order valence-corrected chi connectivity index (χ3v) is 4.33. The molecule has 7 nitrogen and oxygen atoms in total. The third kappa shape index (κ3) is 2.79. The molecule has 0 atom stereocenters. The Labute approximate surface area is 154 Å². The molecule has 0 aliphatic carbocycles. The third-order valence-electron chi connectivity index (χ3n) is 4.33. The normalized spacial score (nSPS) is 10.9. The fourth-order valence-corrected chi connectivity index (χ4v) is 2.97. The van der Waals surface area contributed by atoms with Gasteiger partial charge in [-0.3, -0.25) is 4.79 Å². The molecule has 0 fully saturated rings. The van der Waals surface area contributed by atoms with Crippen LogP contribution in [0, 0.1) is 6.92 Å². The van der Waals surface area contributed by atoms with E-state index >= 15 is 0 Å². The molecular formula is C20H16N4O3. The molecule has 0 N–H and O–H groups in total. The number of hydrogen-bond donors (Lipinski definition) is 0. The maximum atomic E-state index is 13.0. The van der Waals surface area contributed by atoms with Crippen LogP contribution in [0.2, 0.25) is 0 Å². The predicted molar refractivity (Wildman–Crippen MR) is 99.7 cm³/mol. The molecule has 0 spiro atoms. The number of pyridine rings is 2. The topological polar surface area (TPSA) is 79.0 Å². The van der Waals surface area contributed by atoms with Crippen molar-refractivity contribution in [3.63, 3.8) is 0 Å². The summed E-state index contributed by atoms with van der Waals surface area (Å²) in [6.07, 6.45) is 4.85. The van der Waals surface area contributed by atoms with Gasteiger partial charge < -0.3 is 9.30 Å². The fraction of sp³-hybridized carbons (Fsp3) is 0.100. The first-order chi connectivity index (χ1) is 13.1. The maximum Gasteiger partial charge on any atom is 0.341 e. The van der Waals surface area contributed by atoms with Gasteiger partial charge in [0.1, 0.15) is 17.1 Å². The van der Waals surface area contributed by atoms with Crippen molar-refractivity contribution in [2.75, 3.05) is 7.11 Å². The van der Waals surface area contributed by atoms with Gasteiger partial charge in [0.25, 0.3) is 5.56 Å². The highest BCUT2D eigenvalue weighted by molar-refractivity contribution is 5.96. The number of nitrogens with zero attached hydrogens (tertiary/aromatic N) is 4. The van der Waals surface area contributed by atoms with Gasteiger partial charge in [-0.05, 0) is 30.7 Å². The average molecular weight is 360 g/mol. The first kappa shape index (κ1) is 16.7. The van der Waals surface area contributed by atoms with Gasteiger partial charge in [-0.1, -0.05) is 24.3 Å². The molecule has 0 amide bonds. The van der Waals surface area contributed by atoms with E-state index in [4.69, 9.17) is 4.74 Å². The number of benzene rings is 1. The van der Waals surface area contributed by atoms with E-state index in [1.165, 1.54) is 11.8 Å². The van der Waals surface area contributed by atoms with Gasteiger partial charge in [-0.15, -0.1) is 0 Å². The van der Waals surface area contributed by atoms with Crippen LogP contribution >= 0.6 is 0 Å². The number of aryl methyl sites for hydroxylation is 1. The summed E-state index contributed by atoms with van der Waals surface area (Å²) in [7, 11) is 1.29. The van der Waals surface area contributed by atoms with Crippen molar-refractivity contribution in [2.45, 2.75) is 6.92 Å². The summed E-state index contributed by atoms with van der Waals surface area (Å²) in [5.74, 6) is 0.00677. The summed E-state index contributed by atoms with van der Waals surface area (Å²) >= 11 is 0. The van der Waals surface area contributed by atoms with E-state index in [1.807, 2.05) is 37.3 Å². The highest BCUT2D eigenvalue weighted by Gasteiger charge is 2.25. The van der Waals surface area contributed by atoms with Gasteiger partial charge in [0.15, 0.2) is 0 Å². The van der Waals surface area contributed by atoms with Crippen LogP contribution in [0.3, 0.4) is 0 Å². The summed E-state index contributed by atoms with van der Waals surface area (Å²) in [6.45, 7) is 1.90. The summed E-state index contributed by atoms with van der Waals surface area (Å²) in [5, 5.41) is 4.42. The van der Waals surface area contributed by atoms with Crippen LogP contribution in [0.4, 0.5) is 0 Å². The molecule has 1 aromatic heterocycles. The minimum absolute atomic E-state index is 0.199. The van der Waals surface area contributed by atoms with Crippen LogP contribution in [0.1, 0.15) is 15.9 Å². The van der Waals surface area contributed by atoms with Crippen molar-refractivity contribution >= 4 is 5.97 Å². The van der Waals surface area contributed by atoms with Gasteiger partial charge >= 0.3 is 5.97 Å². The number of esters is 1. The Morgan fingerprint density at radius 3 is 2.56 bits per heavy atom. The number of ether oxygens (including phenoxy) is 1. The molecule has 134 valence electrons. The van der Waals surface area contributed by atoms with Gasteiger partial charge in [-0.2, -0.15) is 9.78 Å². The smallest absolute Gasteiger partial charge is 0.341 e. The molecule has 1 aromatic carbocycles. The molecule has 3 heterocycles. The second kappa shape index (κ2) is 6.53. The minimum atomic E-state index is -0.570. The van der Waals surface area contributed by atoms with E-state index in [-0.39, 0.29) is 11.1 Å². The number of carbonyl (C=O) groups excluding carboxylic acids is 1. The second-order valence-corrected chi connectivity index (χ2v) is 6.02. The molecule has 2 aliphatic heterocycles. The minimum Gasteiger partial charge on any atom is -0.465 e. The van der Waals surface area contributed by atoms with Crippen molar-refractivity contribution in [2.24, 2.45) is 0 Å². The second-order valence-electron chi connectivity index (χ2n) is 6.02. The molecule has 4 rings (SSSR count). The Balaban J connectivity index is 2.03. The zero-order valence-corrected chi connectivity index (χ0v) is 14.8. The summed E-state index contributed by atoms with van der Waals surface area (Å²) < 4.78 is 7.83. The molecule has 7 heteroatoms. The highest BCUT2D eigenvalue weighted by Crippen LogP contribution is 2.25. The van der Waals surface area contributed by atoms with E-state index in [2.05, 4.69) is 10.1 Å². The van der Waals surface area contributed by atoms with Crippen molar-refractivity contribution in [1.82, 2.24) is 19.3 Å². The number of para-hydroxylation sites is 1. The van der Waals surface area contributed by atoms with Crippen LogP contribution < -0.4 is 5.56 Å². The van der Waals surface area contributed by atoms with Crippen LogP contribution in [0.5, 0.6) is 0 Å². The molecular weight excluding hydrogens is 344 g/mol. The first-order valence-corrected chi connectivity index (χ1v) is 8.31. The van der Waals surface area contributed by atoms with E-state index in [0.717, 1.165) is 5.56 Å². The molecule has 2 aromatic rings. The molecule has 0 saturated heterocycles. The number of hydrogen-bond acceptors (Lipinski definition) is 5. The maximum absolute atomic E-state index is 13.0. The quantitative estimate of drug-likeness (QED) is 0.525. The molecule has 0 saturated carbocycles. The summed E-state index contributed by atoms with van der Waals surface area (Å²) in [4.78, 5) is 29.6. The predicted octanol–water partition coefficient (Wildman–Crippen LogP) is 2.62. The number of carbonyl (C=O) groups is 1. The standard InChI is InChI=1S/C20H16N4O3/c1-13-7-3-4-8-16(13)24-19(25)14-11-23(17-9-5-6-10-21-17)12-15(18(14)22-24)20(26)27-2/h3-12H,1-2H3. The van der Waals surface area contributed by atoms with Crippen molar-refractivity contribution in [3.05, 3.63) is 82.5 Å².